The molecular formula is C23H34N4O3. The number of ether oxygens (including phenoxy) is 1. The first-order valence-corrected chi connectivity index (χ1v) is 11.0. The Morgan fingerprint density at radius 2 is 1.70 bits per heavy atom. The van der Waals surface area contributed by atoms with Crippen molar-refractivity contribution in [3.63, 3.8) is 0 Å². The van der Waals surface area contributed by atoms with Gasteiger partial charge in [-0.1, -0.05) is 42.5 Å². The van der Waals surface area contributed by atoms with Crippen LogP contribution in [0.3, 0.4) is 0 Å². The van der Waals surface area contributed by atoms with Crippen LogP contribution >= 0.6 is 0 Å². The SMILES string of the molecule is CCOC(=O)N1CCC(NC(=O)CN2CCN(C/C=C/c3ccccc3)CC2)CC1. The van der Waals surface area contributed by atoms with E-state index in [1.807, 2.05) is 25.1 Å². The maximum absolute atomic E-state index is 12.4. The number of hydrogen-bond donors (Lipinski definition) is 1. The minimum Gasteiger partial charge on any atom is -0.450 e. The van der Waals surface area contributed by atoms with E-state index in [2.05, 4.69) is 39.4 Å². The Morgan fingerprint density at radius 3 is 2.37 bits per heavy atom. The molecule has 7 nitrogen and oxygen atoms in total. The monoisotopic (exact) mass is 414 g/mol. The van der Waals surface area contributed by atoms with E-state index < -0.39 is 0 Å². The van der Waals surface area contributed by atoms with Crippen LogP contribution in [-0.4, -0.2) is 91.7 Å². The number of rotatable bonds is 7. The molecule has 2 aliphatic rings. The van der Waals surface area contributed by atoms with Crippen LogP contribution in [0.2, 0.25) is 0 Å². The molecule has 0 radical (unpaired) electrons. The number of amides is 2. The van der Waals surface area contributed by atoms with Gasteiger partial charge in [0.05, 0.1) is 13.2 Å². The first kappa shape index (κ1) is 22.3. The molecule has 1 aromatic rings. The molecule has 30 heavy (non-hydrogen) atoms. The standard InChI is InChI=1S/C23H34N4O3/c1-2-30-23(29)27-13-10-21(11-14-27)24-22(28)19-26-17-15-25(16-18-26)12-6-9-20-7-4-3-5-8-20/h3-9,21H,2,10-19H2,1H3,(H,24,28)/b9-6+. The Bertz CT molecular complexity index is 694. The highest BCUT2D eigenvalue weighted by molar-refractivity contribution is 5.78. The van der Waals surface area contributed by atoms with Crippen molar-refractivity contribution in [1.29, 1.82) is 0 Å². The summed E-state index contributed by atoms with van der Waals surface area (Å²) in [4.78, 5) is 30.5. The minimum atomic E-state index is -0.251. The zero-order valence-electron chi connectivity index (χ0n) is 18.0. The van der Waals surface area contributed by atoms with E-state index in [0.29, 0.717) is 26.2 Å². The Labute approximate surface area is 179 Å². The van der Waals surface area contributed by atoms with Crippen LogP contribution in [0.1, 0.15) is 25.3 Å². The lowest BCUT2D eigenvalue weighted by Crippen LogP contribution is -2.52. The van der Waals surface area contributed by atoms with E-state index in [4.69, 9.17) is 4.74 Å². The van der Waals surface area contributed by atoms with Gasteiger partial charge in [-0.3, -0.25) is 14.6 Å². The second-order valence-corrected chi connectivity index (χ2v) is 7.92. The van der Waals surface area contributed by atoms with Crippen molar-refractivity contribution in [1.82, 2.24) is 20.0 Å². The highest BCUT2D eigenvalue weighted by Gasteiger charge is 2.25. The van der Waals surface area contributed by atoms with Gasteiger partial charge >= 0.3 is 6.09 Å². The third kappa shape index (κ3) is 7.15. The van der Waals surface area contributed by atoms with Crippen LogP contribution in [0.4, 0.5) is 4.79 Å². The van der Waals surface area contributed by atoms with Crippen LogP contribution in [0.5, 0.6) is 0 Å². The smallest absolute Gasteiger partial charge is 0.409 e. The van der Waals surface area contributed by atoms with Gasteiger partial charge in [-0.15, -0.1) is 0 Å². The van der Waals surface area contributed by atoms with E-state index in [0.717, 1.165) is 45.6 Å². The van der Waals surface area contributed by atoms with Gasteiger partial charge in [-0.05, 0) is 25.3 Å². The van der Waals surface area contributed by atoms with Crippen molar-refractivity contribution in [3.8, 4) is 0 Å². The maximum Gasteiger partial charge on any atom is 0.409 e. The molecule has 7 heteroatoms. The molecular weight excluding hydrogens is 380 g/mol. The summed E-state index contributed by atoms with van der Waals surface area (Å²) in [7, 11) is 0. The third-order valence-corrected chi connectivity index (χ3v) is 5.69. The first-order chi connectivity index (χ1) is 14.6. The van der Waals surface area contributed by atoms with Crippen LogP contribution in [0.25, 0.3) is 6.08 Å². The van der Waals surface area contributed by atoms with Gasteiger partial charge in [0, 0.05) is 51.9 Å². The van der Waals surface area contributed by atoms with Crippen LogP contribution < -0.4 is 5.32 Å². The van der Waals surface area contributed by atoms with Crippen molar-refractivity contribution < 1.29 is 14.3 Å². The number of likely N-dealkylation sites (tertiary alicyclic amines) is 1. The number of piperazine rings is 1. The summed E-state index contributed by atoms with van der Waals surface area (Å²) in [6.45, 7) is 8.65. The van der Waals surface area contributed by atoms with E-state index in [-0.39, 0.29) is 18.0 Å². The van der Waals surface area contributed by atoms with Gasteiger partial charge in [-0.25, -0.2) is 4.79 Å². The van der Waals surface area contributed by atoms with Crippen molar-refractivity contribution >= 4 is 18.1 Å². The fourth-order valence-corrected chi connectivity index (χ4v) is 3.93. The molecule has 164 valence electrons. The number of nitrogens with one attached hydrogen (secondary N) is 1. The summed E-state index contributed by atoms with van der Waals surface area (Å²) < 4.78 is 5.04. The van der Waals surface area contributed by atoms with Crippen LogP contribution in [0.15, 0.2) is 36.4 Å². The molecule has 1 aromatic carbocycles. The molecule has 2 amide bonds. The predicted octanol–water partition coefficient (Wildman–Crippen LogP) is 2.05. The normalized spacial score (nSPS) is 19.2. The molecule has 0 unspecified atom stereocenters. The second-order valence-electron chi connectivity index (χ2n) is 7.92. The minimum absolute atomic E-state index is 0.0852. The molecule has 3 rings (SSSR count). The Balaban J connectivity index is 1.30. The van der Waals surface area contributed by atoms with Crippen molar-refractivity contribution in [2.24, 2.45) is 0 Å². The molecule has 0 bridgehead atoms. The van der Waals surface area contributed by atoms with Gasteiger partial charge in [0.1, 0.15) is 0 Å². The lowest BCUT2D eigenvalue weighted by molar-refractivity contribution is -0.123. The van der Waals surface area contributed by atoms with Crippen LogP contribution in [0, 0.1) is 0 Å². The number of carbonyl (C=O) groups is 2. The largest absolute Gasteiger partial charge is 0.450 e. The second kappa shape index (κ2) is 11.7. The van der Waals surface area contributed by atoms with Gasteiger partial charge in [0.25, 0.3) is 0 Å². The molecule has 0 spiro atoms. The number of nitrogens with zero attached hydrogens (tertiary/aromatic N) is 3. The van der Waals surface area contributed by atoms with E-state index in [1.165, 1.54) is 5.56 Å². The van der Waals surface area contributed by atoms with Crippen molar-refractivity contribution in [2.75, 3.05) is 59.0 Å². The molecule has 0 saturated carbocycles. The van der Waals surface area contributed by atoms with Crippen LogP contribution in [-0.2, 0) is 9.53 Å². The Hall–Kier alpha value is -2.38. The van der Waals surface area contributed by atoms with Gasteiger partial charge < -0.3 is 15.0 Å². The zero-order valence-corrected chi connectivity index (χ0v) is 18.0. The molecule has 2 saturated heterocycles. The number of hydrogen-bond acceptors (Lipinski definition) is 5. The fraction of sp³-hybridized carbons (Fsp3) is 0.565. The zero-order chi connectivity index (χ0) is 21.2. The van der Waals surface area contributed by atoms with E-state index in [9.17, 15) is 9.59 Å². The average Bonchev–Trinajstić information content (AvgIpc) is 2.76. The van der Waals surface area contributed by atoms with E-state index in [1.54, 1.807) is 4.90 Å². The van der Waals surface area contributed by atoms with Crippen molar-refractivity contribution in [3.05, 3.63) is 42.0 Å². The van der Waals surface area contributed by atoms with Gasteiger partial charge in [0.15, 0.2) is 0 Å². The highest BCUT2D eigenvalue weighted by Crippen LogP contribution is 2.12. The summed E-state index contributed by atoms with van der Waals surface area (Å²) >= 11 is 0. The molecule has 2 aliphatic heterocycles. The summed E-state index contributed by atoms with van der Waals surface area (Å²) in [5.41, 5.74) is 1.22. The average molecular weight is 415 g/mol. The van der Waals surface area contributed by atoms with Gasteiger partial charge in [-0.2, -0.15) is 0 Å². The predicted molar refractivity (Wildman–Crippen MR) is 118 cm³/mol. The maximum atomic E-state index is 12.4. The van der Waals surface area contributed by atoms with Gasteiger partial charge in [0.2, 0.25) is 5.91 Å². The molecule has 0 atom stereocenters. The summed E-state index contributed by atoms with van der Waals surface area (Å²) in [5.74, 6) is 0.0852. The molecule has 0 aliphatic carbocycles. The first-order valence-electron chi connectivity index (χ1n) is 11.0. The fourth-order valence-electron chi connectivity index (χ4n) is 3.93. The molecule has 0 aromatic heterocycles. The van der Waals surface area contributed by atoms with Crippen molar-refractivity contribution in [2.45, 2.75) is 25.8 Å². The topological polar surface area (TPSA) is 65.1 Å². The third-order valence-electron chi connectivity index (χ3n) is 5.69. The lowest BCUT2D eigenvalue weighted by atomic mass is 10.1. The molecule has 2 fully saturated rings. The lowest BCUT2D eigenvalue weighted by Gasteiger charge is -2.35. The summed E-state index contributed by atoms with van der Waals surface area (Å²) in [5, 5.41) is 3.14. The number of piperidine rings is 1. The Morgan fingerprint density at radius 1 is 1.03 bits per heavy atom. The summed E-state index contributed by atoms with van der Waals surface area (Å²) in [6.07, 6.45) is 5.68. The summed E-state index contributed by atoms with van der Waals surface area (Å²) in [6, 6.07) is 10.5. The number of benzene rings is 1. The number of carbonyl (C=O) groups excluding carboxylic acids is 2. The molecule has 1 N–H and O–H groups in total. The van der Waals surface area contributed by atoms with E-state index >= 15 is 0 Å². The molecule has 2 heterocycles. The quantitative estimate of drug-likeness (QED) is 0.740. The Kier molecular flexibility index (Phi) is 8.71. The highest BCUT2D eigenvalue weighted by atomic mass is 16.6.